The van der Waals surface area contributed by atoms with Crippen LogP contribution in [0.3, 0.4) is 0 Å². The van der Waals surface area contributed by atoms with E-state index in [1.165, 1.54) is 11.3 Å². The van der Waals surface area contributed by atoms with Gasteiger partial charge in [0.2, 0.25) is 0 Å². The highest BCUT2D eigenvalue weighted by molar-refractivity contribution is 7.12. The van der Waals surface area contributed by atoms with Gasteiger partial charge in [-0.2, -0.15) is 0 Å². The van der Waals surface area contributed by atoms with E-state index in [4.69, 9.17) is 5.73 Å². The molecule has 3 aromatic heterocycles. The fraction of sp³-hybridized carbons (Fsp3) is 0.118. The average Bonchev–Trinajstić information content (AvgIpc) is 3.01. The van der Waals surface area contributed by atoms with Crippen LogP contribution in [-0.2, 0) is 6.54 Å². The number of anilines is 3. The molecule has 0 saturated heterocycles. The van der Waals surface area contributed by atoms with Gasteiger partial charge in [0.1, 0.15) is 5.82 Å². The van der Waals surface area contributed by atoms with Crippen LogP contribution in [0.25, 0.3) is 0 Å². The second-order valence-corrected chi connectivity index (χ2v) is 6.18. The van der Waals surface area contributed by atoms with Crippen molar-refractivity contribution in [2.75, 3.05) is 16.4 Å². The maximum atomic E-state index is 12.2. The topological polar surface area (TPSA) is 92.9 Å². The Bertz CT molecular complexity index is 861. The molecule has 0 radical (unpaired) electrons. The molecule has 0 fully saturated rings. The summed E-state index contributed by atoms with van der Waals surface area (Å²) in [6, 6.07) is 9.13. The second-order valence-electron chi connectivity index (χ2n) is 5.27. The van der Waals surface area contributed by atoms with Crippen LogP contribution in [0.15, 0.2) is 48.1 Å². The van der Waals surface area contributed by atoms with E-state index in [1.807, 2.05) is 36.6 Å². The molecular weight excluding hydrogens is 322 g/mol. The molecule has 0 aromatic carbocycles. The minimum atomic E-state index is -0.116. The summed E-state index contributed by atoms with van der Waals surface area (Å²) in [6.07, 6.45) is 3.31. The molecule has 0 spiro atoms. The molecule has 0 saturated carbocycles. The maximum Gasteiger partial charge on any atom is 0.265 e. The second kappa shape index (κ2) is 7.10. The van der Waals surface area contributed by atoms with Gasteiger partial charge in [-0.25, -0.2) is 4.98 Å². The van der Waals surface area contributed by atoms with Crippen LogP contribution >= 0.6 is 11.3 Å². The third kappa shape index (κ3) is 3.88. The number of hydrogen-bond acceptors (Lipinski definition) is 6. The predicted octanol–water partition coefficient (Wildman–Crippen LogP) is 3.29. The van der Waals surface area contributed by atoms with Gasteiger partial charge >= 0.3 is 0 Å². The summed E-state index contributed by atoms with van der Waals surface area (Å²) >= 11 is 1.43. The number of pyridine rings is 2. The third-order valence-electron chi connectivity index (χ3n) is 3.33. The Balaban J connectivity index is 1.66. The zero-order valence-electron chi connectivity index (χ0n) is 13.1. The summed E-state index contributed by atoms with van der Waals surface area (Å²) < 4.78 is 0. The van der Waals surface area contributed by atoms with Crippen LogP contribution in [0.1, 0.15) is 20.9 Å². The van der Waals surface area contributed by atoms with Gasteiger partial charge in [0.05, 0.1) is 22.8 Å². The summed E-state index contributed by atoms with van der Waals surface area (Å²) in [5, 5.41) is 8.03. The summed E-state index contributed by atoms with van der Waals surface area (Å²) in [7, 11) is 0. The molecular formula is C17H17N5OS. The van der Waals surface area contributed by atoms with Crippen LogP contribution < -0.4 is 16.4 Å². The summed E-state index contributed by atoms with van der Waals surface area (Å²) in [6.45, 7) is 2.45. The number of nitrogens with zero attached hydrogens (tertiary/aromatic N) is 2. The lowest BCUT2D eigenvalue weighted by Crippen LogP contribution is -2.11. The van der Waals surface area contributed by atoms with Gasteiger partial charge in [-0.05, 0) is 48.2 Å². The summed E-state index contributed by atoms with van der Waals surface area (Å²) in [4.78, 5) is 21.2. The number of nitrogen functional groups attached to an aromatic ring is 1. The number of aryl methyl sites for hydroxylation is 1. The lowest BCUT2D eigenvalue weighted by atomic mass is 10.3. The molecule has 7 heteroatoms. The van der Waals surface area contributed by atoms with Gasteiger partial charge in [0.25, 0.3) is 5.91 Å². The number of hydrogen-bond donors (Lipinski definition) is 3. The van der Waals surface area contributed by atoms with Gasteiger partial charge in [-0.3, -0.25) is 9.78 Å². The Morgan fingerprint density at radius 3 is 2.88 bits per heavy atom. The number of nitrogens with one attached hydrogen (secondary N) is 2. The number of carbonyl (C=O) groups excluding carboxylic acids is 1. The van der Waals surface area contributed by atoms with E-state index in [9.17, 15) is 4.79 Å². The van der Waals surface area contributed by atoms with Crippen LogP contribution in [0.2, 0.25) is 0 Å². The van der Waals surface area contributed by atoms with Crippen molar-refractivity contribution in [1.29, 1.82) is 0 Å². The van der Waals surface area contributed by atoms with E-state index in [-0.39, 0.29) is 5.91 Å². The van der Waals surface area contributed by atoms with Crippen molar-refractivity contribution in [2.24, 2.45) is 0 Å². The van der Waals surface area contributed by atoms with Crippen molar-refractivity contribution in [2.45, 2.75) is 13.5 Å². The first kappa shape index (κ1) is 15.9. The fourth-order valence-electron chi connectivity index (χ4n) is 2.15. The zero-order valence-corrected chi connectivity index (χ0v) is 13.9. The first-order valence-corrected chi connectivity index (χ1v) is 8.25. The highest BCUT2D eigenvalue weighted by Gasteiger charge is 2.09. The Kier molecular flexibility index (Phi) is 4.72. The number of aromatic nitrogens is 2. The Labute approximate surface area is 143 Å². The van der Waals surface area contributed by atoms with Crippen LogP contribution in [0, 0.1) is 6.92 Å². The fourth-order valence-corrected chi connectivity index (χ4v) is 2.94. The molecule has 0 unspecified atom stereocenters. The molecule has 0 bridgehead atoms. The SMILES string of the molecule is Cc1csc(C(=O)Nc2ccnc(CNc3cccnc3N)c2)c1. The van der Waals surface area contributed by atoms with Crippen LogP contribution in [-0.4, -0.2) is 15.9 Å². The molecule has 0 aliphatic rings. The van der Waals surface area contributed by atoms with Crippen molar-refractivity contribution in [1.82, 2.24) is 9.97 Å². The molecule has 24 heavy (non-hydrogen) atoms. The molecule has 3 heterocycles. The molecule has 3 rings (SSSR count). The highest BCUT2D eigenvalue weighted by Crippen LogP contribution is 2.18. The molecule has 0 aliphatic heterocycles. The number of carbonyl (C=O) groups is 1. The number of rotatable bonds is 5. The molecule has 0 atom stereocenters. The zero-order chi connectivity index (χ0) is 16.9. The molecule has 122 valence electrons. The predicted molar refractivity (Wildman–Crippen MR) is 97.2 cm³/mol. The molecule has 0 aliphatic carbocycles. The molecule has 6 nitrogen and oxygen atoms in total. The first-order valence-electron chi connectivity index (χ1n) is 7.37. The van der Waals surface area contributed by atoms with Gasteiger partial charge in [0, 0.05) is 18.1 Å². The molecule has 3 aromatic rings. The van der Waals surface area contributed by atoms with Gasteiger partial charge < -0.3 is 16.4 Å². The van der Waals surface area contributed by atoms with Crippen molar-refractivity contribution < 1.29 is 4.79 Å². The Morgan fingerprint density at radius 1 is 1.25 bits per heavy atom. The number of nitrogens with two attached hydrogens (primary N) is 1. The van der Waals surface area contributed by atoms with Gasteiger partial charge in [-0.15, -0.1) is 11.3 Å². The summed E-state index contributed by atoms with van der Waals surface area (Å²) in [5.41, 5.74) is 9.13. The average molecular weight is 339 g/mol. The molecule has 1 amide bonds. The quantitative estimate of drug-likeness (QED) is 0.663. The van der Waals surface area contributed by atoms with Gasteiger partial charge in [-0.1, -0.05) is 0 Å². The van der Waals surface area contributed by atoms with E-state index in [0.717, 1.165) is 16.9 Å². The number of amides is 1. The third-order valence-corrected chi connectivity index (χ3v) is 4.37. The van der Waals surface area contributed by atoms with E-state index in [0.29, 0.717) is 22.9 Å². The lowest BCUT2D eigenvalue weighted by Gasteiger charge is -2.09. The minimum absolute atomic E-state index is 0.116. The van der Waals surface area contributed by atoms with E-state index >= 15 is 0 Å². The lowest BCUT2D eigenvalue weighted by molar-refractivity contribution is 0.103. The van der Waals surface area contributed by atoms with E-state index in [2.05, 4.69) is 20.6 Å². The number of thiophene rings is 1. The van der Waals surface area contributed by atoms with Crippen LogP contribution in [0.5, 0.6) is 0 Å². The maximum absolute atomic E-state index is 12.2. The highest BCUT2D eigenvalue weighted by atomic mass is 32.1. The Hall–Kier alpha value is -2.93. The van der Waals surface area contributed by atoms with Crippen molar-refractivity contribution in [3.05, 3.63) is 64.2 Å². The van der Waals surface area contributed by atoms with E-state index in [1.54, 1.807) is 18.5 Å². The van der Waals surface area contributed by atoms with Crippen molar-refractivity contribution >= 4 is 34.4 Å². The smallest absolute Gasteiger partial charge is 0.265 e. The largest absolute Gasteiger partial charge is 0.382 e. The van der Waals surface area contributed by atoms with Crippen molar-refractivity contribution in [3.63, 3.8) is 0 Å². The standard InChI is InChI=1S/C17H17N5OS/c1-11-7-15(24-10-11)17(23)22-12-4-6-19-13(8-12)9-21-14-3-2-5-20-16(14)18/h2-8,10,21H,9H2,1H3,(H2,18,20)(H,19,22,23). The van der Waals surface area contributed by atoms with Gasteiger partial charge in [0.15, 0.2) is 0 Å². The van der Waals surface area contributed by atoms with Crippen LogP contribution in [0.4, 0.5) is 17.2 Å². The minimum Gasteiger partial charge on any atom is -0.382 e. The first-order chi connectivity index (χ1) is 11.6. The Morgan fingerprint density at radius 2 is 2.12 bits per heavy atom. The van der Waals surface area contributed by atoms with Crippen molar-refractivity contribution in [3.8, 4) is 0 Å². The van der Waals surface area contributed by atoms with E-state index < -0.39 is 0 Å². The summed E-state index contributed by atoms with van der Waals surface area (Å²) in [5.74, 6) is 0.324. The monoisotopic (exact) mass is 339 g/mol. The normalized spacial score (nSPS) is 10.4. The molecule has 4 N–H and O–H groups in total.